The highest BCUT2D eigenvalue weighted by Crippen LogP contribution is 2.17. The van der Waals surface area contributed by atoms with E-state index in [-0.39, 0.29) is 5.69 Å². The number of fused-ring (bicyclic) bond motifs is 1. The standard InChI is InChI=1S/C8H6ClN3O2/c1-14-8(13)7-5(9)2-3-6-11-10-4-12(6)7/h2-4H,1H3. The lowest BCUT2D eigenvalue weighted by atomic mass is 10.3. The van der Waals surface area contributed by atoms with Crippen molar-refractivity contribution in [3.05, 3.63) is 29.2 Å². The van der Waals surface area contributed by atoms with E-state index in [1.807, 2.05) is 0 Å². The monoisotopic (exact) mass is 211 g/mol. The number of aromatic nitrogens is 3. The van der Waals surface area contributed by atoms with Crippen LogP contribution in [0.3, 0.4) is 0 Å². The molecule has 0 amide bonds. The number of halogens is 1. The summed E-state index contributed by atoms with van der Waals surface area (Å²) in [5, 5.41) is 7.76. The van der Waals surface area contributed by atoms with E-state index < -0.39 is 5.97 Å². The second-order valence-corrected chi connectivity index (χ2v) is 2.99. The van der Waals surface area contributed by atoms with Gasteiger partial charge in [0.2, 0.25) is 0 Å². The molecule has 2 heterocycles. The summed E-state index contributed by atoms with van der Waals surface area (Å²) in [6.45, 7) is 0. The van der Waals surface area contributed by atoms with Gasteiger partial charge in [0.25, 0.3) is 0 Å². The van der Waals surface area contributed by atoms with Crippen molar-refractivity contribution in [1.82, 2.24) is 14.6 Å². The molecular formula is C8H6ClN3O2. The summed E-state index contributed by atoms with van der Waals surface area (Å²) < 4.78 is 6.08. The van der Waals surface area contributed by atoms with Crippen molar-refractivity contribution in [3.63, 3.8) is 0 Å². The molecule has 5 nitrogen and oxygen atoms in total. The van der Waals surface area contributed by atoms with Gasteiger partial charge in [0.05, 0.1) is 12.1 Å². The Morgan fingerprint density at radius 3 is 3.07 bits per heavy atom. The zero-order valence-corrected chi connectivity index (χ0v) is 8.02. The Morgan fingerprint density at radius 1 is 1.57 bits per heavy atom. The number of esters is 1. The third-order valence-electron chi connectivity index (χ3n) is 1.80. The third-order valence-corrected chi connectivity index (χ3v) is 2.10. The molecule has 0 N–H and O–H groups in total. The molecule has 0 atom stereocenters. The number of methoxy groups -OCH3 is 1. The molecule has 0 radical (unpaired) electrons. The van der Waals surface area contributed by atoms with E-state index in [0.717, 1.165) is 0 Å². The highest BCUT2D eigenvalue weighted by Gasteiger charge is 2.15. The predicted molar refractivity (Wildman–Crippen MR) is 49.3 cm³/mol. The number of carbonyl (C=O) groups is 1. The molecule has 0 saturated carbocycles. The molecule has 0 aromatic carbocycles. The van der Waals surface area contributed by atoms with E-state index >= 15 is 0 Å². The Kier molecular flexibility index (Phi) is 2.09. The van der Waals surface area contributed by atoms with E-state index in [0.29, 0.717) is 10.7 Å². The van der Waals surface area contributed by atoms with Gasteiger partial charge in [0, 0.05) is 0 Å². The largest absolute Gasteiger partial charge is 0.464 e. The second-order valence-electron chi connectivity index (χ2n) is 2.58. The van der Waals surface area contributed by atoms with Gasteiger partial charge < -0.3 is 4.74 Å². The lowest BCUT2D eigenvalue weighted by Crippen LogP contribution is -2.08. The van der Waals surface area contributed by atoms with Crippen molar-refractivity contribution in [2.75, 3.05) is 7.11 Å². The van der Waals surface area contributed by atoms with E-state index in [4.69, 9.17) is 11.6 Å². The molecule has 0 aliphatic rings. The van der Waals surface area contributed by atoms with Gasteiger partial charge >= 0.3 is 5.97 Å². The SMILES string of the molecule is COC(=O)c1c(Cl)ccc2nncn12. The lowest BCUT2D eigenvalue weighted by Gasteiger charge is -2.03. The van der Waals surface area contributed by atoms with Gasteiger partial charge in [-0.25, -0.2) is 4.79 Å². The normalized spacial score (nSPS) is 10.4. The van der Waals surface area contributed by atoms with Crippen LogP contribution in [0.1, 0.15) is 10.5 Å². The molecule has 6 heteroatoms. The first kappa shape index (κ1) is 8.96. The maximum absolute atomic E-state index is 11.4. The van der Waals surface area contributed by atoms with Crippen molar-refractivity contribution < 1.29 is 9.53 Å². The van der Waals surface area contributed by atoms with Crippen LogP contribution in [0.5, 0.6) is 0 Å². The average molecular weight is 212 g/mol. The molecular weight excluding hydrogens is 206 g/mol. The molecule has 72 valence electrons. The Balaban J connectivity index is 2.76. The van der Waals surface area contributed by atoms with Crippen LogP contribution in [0.15, 0.2) is 18.5 Å². The molecule has 0 aliphatic heterocycles. The summed E-state index contributed by atoms with van der Waals surface area (Å²) in [6.07, 6.45) is 1.41. The third kappa shape index (κ3) is 1.22. The van der Waals surface area contributed by atoms with Gasteiger partial charge in [-0.05, 0) is 12.1 Å². The van der Waals surface area contributed by atoms with Gasteiger partial charge in [0.15, 0.2) is 11.3 Å². The van der Waals surface area contributed by atoms with Crippen LogP contribution < -0.4 is 0 Å². The minimum Gasteiger partial charge on any atom is -0.464 e. The van der Waals surface area contributed by atoms with E-state index in [9.17, 15) is 4.79 Å². The Labute approximate surface area is 84.3 Å². The molecule has 0 saturated heterocycles. The summed E-state index contributed by atoms with van der Waals surface area (Å²) in [7, 11) is 1.29. The predicted octanol–water partition coefficient (Wildman–Crippen LogP) is 1.17. The zero-order chi connectivity index (χ0) is 10.1. The van der Waals surface area contributed by atoms with E-state index in [1.165, 1.54) is 17.8 Å². The van der Waals surface area contributed by atoms with E-state index in [1.54, 1.807) is 12.1 Å². The van der Waals surface area contributed by atoms with Crippen LogP contribution in [0.2, 0.25) is 5.02 Å². The summed E-state index contributed by atoms with van der Waals surface area (Å²) in [6, 6.07) is 3.25. The Hall–Kier alpha value is -1.62. The summed E-state index contributed by atoms with van der Waals surface area (Å²) >= 11 is 5.86. The molecule has 0 unspecified atom stereocenters. The van der Waals surface area contributed by atoms with Crippen molar-refractivity contribution in [3.8, 4) is 0 Å². The summed E-state index contributed by atoms with van der Waals surface area (Å²) in [5.41, 5.74) is 0.784. The van der Waals surface area contributed by atoms with Crippen LogP contribution >= 0.6 is 11.6 Å². The number of pyridine rings is 1. The topological polar surface area (TPSA) is 56.5 Å². The molecule has 0 aliphatic carbocycles. The van der Waals surface area contributed by atoms with Crippen LogP contribution in [-0.2, 0) is 4.74 Å². The number of hydrogen-bond acceptors (Lipinski definition) is 4. The summed E-state index contributed by atoms with van der Waals surface area (Å²) in [4.78, 5) is 11.4. The maximum atomic E-state index is 11.4. The highest BCUT2D eigenvalue weighted by atomic mass is 35.5. The number of carbonyl (C=O) groups excluding carboxylic acids is 1. The maximum Gasteiger partial charge on any atom is 0.356 e. The molecule has 0 fully saturated rings. The van der Waals surface area contributed by atoms with Crippen LogP contribution in [0.4, 0.5) is 0 Å². The summed E-state index contributed by atoms with van der Waals surface area (Å²) in [5.74, 6) is -0.514. The fraction of sp³-hybridized carbons (Fsp3) is 0.125. The fourth-order valence-electron chi connectivity index (χ4n) is 1.16. The van der Waals surface area contributed by atoms with Crippen molar-refractivity contribution in [2.24, 2.45) is 0 Å². The fourth-order valence-corrected chi connectivity index (χ4v) is 1.40. The van der Waals surface area contributed by atoms with Gasteiger partial charge in [0.1, 0.15) is 6.33 Å². The average Bonchev–Trinajstić information content (AvgIpc) is 2.64. The first-order valence-corrected chi connectivity index (χ1v) is 4.18. The van der Waals surface area contributed by atoms with E-state index in [2.05, 4.69) is 14.9 Å². The lowest BCUT2D eigenvalue weighted by molar-refractivity contribution is 0.0592. The Bertz CT molecular complexity index is 494. The number of ether oxygens (including phenoxy) is 1. The molecule has 14 heavy (non-hydrogen) atoms. The van der Waals surface area contributed by atoms with Gasteiger partial charge in [-0.3, -0.25) is 4.40 Å². The molecule has 2 aromatic rings. The first-order chi connectivity index (χ1) is 6.74. The highest BCUT2D eigenvalue weighted by molar-refractivity contribution is 6.33. The first-order valence-electron chi connectivity index (χ1n) is 3.80. The molecule has 2 rings (SSSR count). The number of rotatable bonds is 1. The van der Waals surface area contributed by atoms with Crippen LogP contribution in [0.25, 0.3) is 5.65 Å². The van der Waals surface area contributed by atoms with Crippen LogP contribution in [-0.4, -0.2) is 27.7 Å². The minimum absolute atomic E-state index is 0.233. The molecule has 0 bridgehead atoms. The van der Waals surface area contributed by atoms with Gasteiger partial charge in [-0.2, -0.15) is 0 Å². The smallest absolute Gasteiger partial charge is 0.356 e. The number of hydrogen-bond donors (Lipinski definition) is 0. The zero-order valence-electron chi connectivity index (χ0n) is 7.27. The van der Waals surface area contributed by atoms with Crippen LogP contribution in [0, 0.1) is 0 Å². The molecule has 0 spiro atoms. The Morgan fingerprint density at radius 2 is 2.36 bits per heavy atom. The number of nitrogens with zero attached hydrogens (tertiary/aromatic N) is 3. The second kappa shape index (κ2) is 3.26. The van der Waals surface area contributed by atoms with Gasteiger partial charge in [-0.15, -0.1) is 10.2 Å². The molecule has 2 aromatic heterocycles. The quantitative estimate of drug-likeness (QED) is 0.665. The minimum atomic E-state index is -0.514. The van der Waals surface area contributed by atoms with Gasteiger partial charge in [-0.1, -0.05) is 11.6 Å². The van der Waals surface area contributed by atoms with Crippen molar-refractivity contribution >= 4 is 23.2 Å². The van der Waals surface area contributed by atoms with Crippen molar-refractivity contribution in [1.29, 1.82) is 0 Å². The van der Waals surface area contributed by atoms with Crippen molar-refractivity contribution in [2.45, 2.75) is 0 Å².